The van der Waals surface area contributed by atoms with Crippen molar-refractivity contribution in [3.8, 4) is 0 Å². The van der Waals surface area contributed by atoms with Gasteiger partial charge in [-0.3, -0.25) is 0 Å². The van der Waals surface area contributed by atoms with Gasteiger partial charge in [0, 0.05) is 31.0 Å². The monoisotopic (exact) mass is 238 g/mol. The number of H-pyrrole nitrogens is 1. The van der Waals surface area contributed by atoms with E-state index in [-0.39, 0.29) is 0 Å². The van der Waals surface area contributed by atoms with Gasteiger partial charge in [0.15, 0.2) is 0 Å². The van der Waals surface area contributed by atoms with Crippen molar-refractivity contribution in [3.05, 3.63) is 17.7 Å². The Kier molecular flexibility index (Phi) is 5.65. The van der Waals surface area contributed by atoms with E-state index in [2.05, 4.69) is 48.1 Å². The third-order valence-electron chi connectivity index (χ3n) is 2.92. The minimum absolute atomic E-state index is 0.596. The first-order valence-corrected chi connectivity index (χ1v) is 6.36. The Balaban J connectivity index is 2.31. The van der Waals surface area contributed by atoms with Crippen LogP contribution < -0.4 is 5.32 Å². The number of hydrogen-bond acceptors (Lipinski definition) is 3. The fraction of sp³-hybridized carbons (Fsp3) is 0.769. The first-order valence-electron chi connectivity index (χ1n) is 6.36. The zero-order valence-electron chi connectivity index (χ0n) is 11.7. The van der Waals surface area contributed by atoms with Crippen LogP contribution in [-0.2, 0) is 6.54 Å². The molecule has 4 nitrogen and oxygen atoms in total. The maximum Gasteiger partial charge on any atom is 0.103 e. The van der Waals surface area contributed by atoms with E-state index >= 15 is 0 Å². The lowest BCUT2D eigenvalue weighted by atomic mass is 10.0. The molecule has 1 heterocycles. The lowest BCUT2D eigenvalue weighted by Crippen LogP contribution is -2.38. The second-order valence-electron chi connectivity index (χ2n) is 5.37. The van der Waals surface area contributed by atoms with E-state index < -0.39 is 0 Å². The van der Waals surface area contributed by atoms with Crippen LogP contribution in [0.15, 0.2) is 6.20 Å². The maximum absolute atomic E-state index is 4.19. The molecular formula is C13H26N4. The molecule has 17 heavy (non-hydrogen) atoms. The van der Waals surface area contributed by atoms with Crippen LogP contribution in [0.3, 0.4) is 0 Å². The summed E-state index contributed by atoms with van der Waals surface area (Å²) in [5.41, 5.74) is 1.16. The predicted octanol–water partition coefficient (Wildman–Crippen LogP) is 1.78. The molecule has 0 bridgehead atoms. The molecule has 1 aromatic heterocycles. The van der Waals surface area contributed by atoms with Crippen LogP contribution in [0.5, 0.6) is 0 Å². The average molecular weight is 238 g/mol. The Hall–Kier alpha value is -0.870. The number of aromatic amines is 1. The maximum atomic E-state index is 4.19. The lowest BCUT2D eigenvalue weighted by Gasteiger charge is -2.26. The Labute approximate surface area is 105 Å². The van der Waals surface area contributed by atoms with Gasteiger partial charge < -0.3 is 15.2 Å². The third kappa shape index (κ3) is 5.33. The van der Waals surface area contributed by atoms with Gasteiger partial charge in [-0.05, 0) is 33.4 Å². The normalized spacial score (nSPS) is 13.6. The molecule has 2 N–H and O–H groups in total. The number of imidazole rings is 1. The summed E-state index contributed by atoms with van der Waals surface area (Å²) in [6.45, 7) is 8.40. The number of nitrogens with zero attached hydrogens (tertiary/aromatic N) is 2. The van der Waals surface area contributed by atoms with Gasteiger partial charge in [0.2, 0.25) is 0 Å². The molecule has 98 valence electrons. The summed E-state index contributed by atoms with van der Waals surface area (Å²) in [6.07, 6.45) is 3.12. The van der Waals surface area contributed by atoms with Gasteiger partial charge in [-0.2, -0.15) is 0 Å². The first-order chi connectivity index (χ1) is 7.99. The van der Waals surface area contributed by atoms with Gasteiger partial charge in [0.25, 0.3) is 0 Å². The van der Waals surface area contributed by atoms with Crippen LogP contribution in [0, 0.1) is 12.8 Å². The van der Waals surface area contributed by atoms with Crippen molar-refractivity contribution in [2.45, 2.75) is 39.8 Å². The quantitative estimate of drug-likeness (QED) is 0.761. The number of aromatic nitrogens is 2. The molecule has 0 fully saturated rings. The highest BCUT2D eigenvalue weighted by Gasteiger charge is 2.12. The molecule has 0 radical (unpaired) electrons. The van der Waals surface area contributed by atoms with E-state index in [1.807, 2.05) is 13.1 Å². The second-order valence-corrected chi connectivity index (χ2v) is 5.37. The number of nitrogens with one attached hydrogen (secondary N) is 2. The van der Waals surface area contributed by atoms with Gasteiger partial charge in [-0.15, -0.1) is 0 Å². The number of hydrogen-bond donors (Lipinski definition) is 2. The van der Waals surface area contributed by atoms with Crippen LogP contribution in [0.25, 0.3) is 0 Å². The van der Waals surface area contributed by atoms with Crippen molar-refractivity contribution in [1.29, 1.82) is 0 Å². The summed E-state index contributed by atoms with van der Waals surface area (Å²) >= 11 is 0. The Morgan fingerprint density at radius 2 is 2.12 bits per heavy atom. The number of aryl methyl sites for hydroxylation is 1. The van der Waals surface area contributed by atoms with Crippen molar-refractivity contribution in [2.24, 2.45) is 5.92 Å². The van der Waals surface area contributed by atoms with E-state index in [1.54, 1.807) is 0 Å². The van der Waals surface area contributed by atoms with Crippen molar-refractivity contribution in [3.63, 3.8) is 0 Å². The summed E-state index contributed by atoms with van der Waals surface area (Å²) in [5, 5.41) is 3.49. The number of likely N-dealkylation sites (N-methyl/N-ethyl adjacent to an activating group) is 1. The highest BCUT2D eigenvalue weighted by molar-refractivity contribution is 4.99. The Bertz CT molecular complexity index is 317. The van der Waals surface area contributed by atoms with Crippen LogP contribution in [0.1, 0.15) is 31.8 Å². The Morgan fingerprint density at radius 1 is 1.41 bits per heavy atom. The Morgan fingerprint density at radius 3 is 2.59 bits per heavy atom. The van der Waals surface area contributed by atoms with Gasteiger partial charge in [-0.25, -0.2) is 4.98 Å². The fourth-order valence-electron chi connectivity index (χ4n) is 1.96. The van der Waals surface area contributed by atoms with E-state index in [1.165, 1.54) is 6.42 Å². The highest BCUT2D eigenvalue weighted by atomic mass is 15.1. The first kappa shape index (κ1) is 14.2. The van der Waals surface area contributed by atoms with Crippen molar-refractivity contribution >= 4 is 0 Å². The molecule has 4 heteroatoms. The van der Waals surface area contributed by atoms with Crippen LogP contribution >= 0.6 is 0 Å². The van der Waals surface area contributed by atoms with E-state index in [0.717, 1.165) is 30.5 Å². The zero-order chi connectivity index (χ0) is 12.8. The van der Waals surface area contributed by atoms with Crippen LogP contribution in [0.2, 0.25) is 0 Å². The van der Waals surface area contributed by atoms with Gasteiger partial charge in [-0.1, -0.05) is 13.8 Å². The molecule has 0 saturated heterocycles. The molecule has 1 rings (SSSR count). The minimum Gasteiger partial charge on any atom is -0.345 e. The lowest BCUT2D eigenvalue weighted by molar-refractivity contribution is 0.246. The molecule has 1 atom stereocenters. The summed E-state index contributed by atoms with van der Waals surface area (Å²) in [7, 11) is 4.30. The molecule has 0 aliphatic carbocycles. The molecule has 0 aromatic carbocycles. The van der Waals surface area contributed by atoms with Crippen LogP contribution in [-0.4, -0.2) is 41.5 Å². The summed E-state index contributed by atoms with van der Waals surface area (Å²) in [4.78, 5) is 9.72. The average Bonchev–Trinajstić information content (AvgIpc) is 2.62. The zero-order valence-corrected chi connectivity index (χ0v) is 11.7. The molecular weight excluding hydrogens is 212 g/mol. The molecule has 0 amide bonds. The topological polar surface area (TPSA) is 44.0 Å². The molecule has 0 aliphatic heterocycles. The predicted molar refractivity (Wildman–Crippen MR) is 72.0 cm³/mol. The number of rotatable bonds is 7. The summed E-state index contributed by atoms with van der Waals surface area (Å²) < 4.78 is 0. The summed E-state index contributed by atoms with van der Waals surface area (Å²) in [6, 6.07) is 0.596. The van der Waals surface area contributed by atoms with Crippen molar-refractivity contribution in [1.82, 2.24) is 20.2 Å². The molecule has 0 aliphatic rings. The molecule has 1 aromatic rings. The fourth-order valence-corrected chi connectivity index (χ4v) is 1.96. The minimum atomic E-state index is 0.596. The van der Waals surface area contributed by atoms with Crippen LogP contribution in [0.4, 0.5) is 0 Å². The largest absolute Gasteiger partial charge is 0.345 e. The third-order valence-corrected chi connectivity index (χ3v) is 2.92. The van der Waals surface area contributed by atoms with Crippen molar-refractivity contribution < 1.29 is 0 Å². The molecule has 1 unspecified atom stereocenters. The van der Waals surface area contributed by atoms with Gasteiger partial charge in [0.1, 0.15) is 5.82 Å². The van der Waals surface area contributed by atoms with E-state index in [9.17, 15) is 0 Å². The smallest absolute Gasteiger partial charge is 0.103 e. The molecule has 0 spiro atoms. The standard InChI is InChI=1S/C13H26N4/c1-10(2)6-13(17(4)5)9-14-7-12-8-15-11(3)16-12/h8,10,13-14H,6-7,9H2,1-5H3,(H,15,16). The van der Waals surface area contributed by atoms with E-state index in [4.69, 9.17) is 0 Å². The highest BCUT2D eigenvalue weighted by Crippen LogP contribution is 2.08. The van der Waals surface area contributed by atoms with Crippen molar-refractivity contribution in [2.75, 3.05) is 20.6 Å². The molecule has 0 saturated carbocycles. The second kappa shape index (κ2) is 6.77. The van der Waals surface area contributed by atoms with Gasteiger partial charge in [0.05, 0.1) is 0 Å². The van der Waals surface area contributed by atoms with E-state index in [0.29, 0.717) is 6.04 Å². The van der Waals surface area contributed by atoms with Gasteiger partial charge >= 0.3 is 0 Å². The summed E-state index contributed by atoms with van der Waals surface area (Å²) in [5.74, 6) is 1.71. The SMILES string of the molecule is Cc1ncc(CNCC(CC(C)C)N(C)C)[nH]1.